The fourth-order valence-corrected chi connectivity index (χ4v) is 2.50. The van der Waals surface area contributed by atoms with E-state index in [2.05, 4.69) is 31.1 Å². The van der Waals surface area contributed by atoms with Gasteiger partial charge in [0, 0.05) is 10.7 Å². The third-order valence-electron chi connectivity index (χ3n) is 3.31. The first-order chi connectivity index (χ1) is 8.67. The molecule has 18 heavy (non-hydrogen) atoms. The zero-order valence-electron chi connectivity index (χ0n) is 9.77. The molecule has 94 valence electrons. The standard InChI is InChI=1S/C12H13BrN4O/c13-8-3-4-9(15-7-8)10-16-11(17-18-10)12(14)5-1-2-6-12/h3-4,7H,1-2,5-6,14H2. The summed E-state index contributed by atoms with van der Waals surface area (Å²) in [5.41, 5.74) is 6.53. The highest BCUT2D eigenvalue weighted by atomic mass is 79.9. The summed E-state index contributed by atoms with van der Waals surface area (Å²) in [5, 5.41) is 4.01. The lowest BCUT2D eigenvalue weighted by molar-refractivity contribution is 0.372. The van der Waals surface area contributed by atoms with Crippen LogP contribution >= 0.6 is 15.9 Å². The van der Waals surface area contributed by atoms with Crippen LogP contribution in [0.2, 0.25) is 0 Å². The second-order valence-corrected chi connectivity index (χ2v) is 5.56. The molecule has 2 N–H and O–H groups in total. The minimum Gasteiger partial charge on any atom is -0.332 e. The molecular weight excluding hydrogens is 296 g/mol. The SMILES string of the molecule is NC1(c2noc(-c3ccc(Br)cn3)n2)CCCC1. The van der Waals surface area contributed by atoms with E-state index >= 15 is 0 Å². The molecule has 0 aromatic carbocycles. The fraction of sp³-hybridized carbons (Fsp3) is 0.417. The number of hydrogen-bond acceptors (Lipinski definition) is 5. The number of nitrogens with zero attached hydrogens (tertiary/aromatic N) is 3. The highest BCUT2D eigenvalue weighted by molar-refractivity contribution is 9.10. The van der Waals surface area contributed by atoms with Crippen molar-refractivity contribution in [3.8, 4) is 11.6 Å². The predicted octanol–water partition coefficient (Wildman–Crippen LogP) is 2.62. The third-order valence-corrected chi connectivity index (χ3v) is 3.78. The van der Waals surface area contributed by atoms with Gasteiger partial charge in [-0.05, 0) is 40.9 Å². The van der Waals surface area contributed by atoms with Gasteiger partial charge in [-0.25, -0.2) is 4.98 Å². The Bertz CT molecular complexity index is 545. The van der Waals surface area contributed by atoms with Gasteiger partial charge >= 0.3 is 0 Å². The van der Waals surface area contributed by atoms with E-state index in [9.17, 15) is 0 Å². The van der Waals surface area contributed by atoms with Gasteiger partial charge < -0.3 is 10.3 Å². The van der Waals surface area contributed by atoms with Crippen molar-refractivity contribution in [2.45, 2.75) is 31.2 Å². The van der Waals surface area contributed by atoms with Crippen LogP contribution in [-0.4, -0.2) is 15.1 Å². The van der Waals surface area contributed by atoms with Crippen molar-refractivity contribution in [1.82, 2.24) is 15.1 Å². The van der Waals surface area contributed by atoms with Crippen molar-refractivity contribution < 1.29 is 4.52 Å². The molecule has 2 heterocycles. The van der Waals surface area contributed by atoms with Crippen LogP contribution in [0.3, 0.4) is 0 Å². The van der Waals surface area contributed by atoms with Crippen LogP contribution in [-0.2, 0) is 5.54 Å². The molecule has 2 aromatic heterocycles. The molecular formula is C12H13BrN4O. The number of pyridine rings is 1. The smallest absolute Gasteiger partial charge is 0.276 e. The molecule has 5 nitrogen and oxygen atoms in total. The number of halogens is 1. The molecule has 2 aromatic rings. The summed E-state index contributed by atoms with van der Waals surface area (Å²) in [6.07, 6.45) is 5.78. The maximum absolute atomic E-state index is 6.28. The molecule has 6 heteroatoms. The Balaban J connectivity index is 1.91. The lowest BCUT2D eigenvalue weighted by atomic mass is 9.99. The van der Waals surface area contributed by atoms with Gasteiger partial charge in [0.2, 0.25) is 0 Å². The lowest BCUT2D eigenvalue weighted by Crippen LogP contribution is -2.34. The van der Waals surface area contributed by atoms with E-state index in [0.717, 1.165) is 30.2 Å². The van der Waals surface area contributed by atoms with E-state index in [0.29, 0.717) is 17.4 Å². The topological polar surface area (TPSA) is 77.8 Å². The van der Waals surface area contributed by atoms with Gasteiger partial charge in [0.15, 0.2) is 5.82 Å². The monoisotopic (exact) mass is 308 g/mol. The maximum atomic E-state index is 6.28. The van der Waals surface area contributed by atoms with Gasteiger partial charge in [-0.3, -0.25) is 0 Å². The minimum atomic E-state index is -0.420. The zero-order chi connectivity index (χ0) is 12.6. The minimum absolute atomic E-state index is 0.420. The first-order valence-electron chi connectivity index (χ1n) is 5.92. The molecule has 0 bridgehead atoms. The summed E-state index contributed by atoms with van der Waals surface area (Å²) in [7, 11) is 0. The second-order valence-electron chi connectivity index (χ2n) is 4.65. The van der Waals surface area contributed by atoms with Gasteiger partial charge in [0.25, 0.3) is 5.89 Å². The van der Waals surface area contributed by atoms with Crippen LogP contribution in [0.4, 0.5) is 0 Å². The molecule has 0 radical (unpaired) electrons. The van der Waals surface area contributed by atoms with Crippen molar-refractivity contribution in [2.75, 3.05) is 0 Å². The Hall–Kier alpha value is -1.27. The first kappa shape index (κ1) is 11.8. The third kappa shape index (κ3) is 2.06. The van der Waals surface area contributed by atoms with E-state index in [1.807, 2.05) is 12.1 Å². The van der Waals surface area contributed by atoms with Gasteiger partial charge in [0.05, 0.1) is 5.54 Å². The Morgan fingerprint density at radius 2 is 2.06 bits per heavy atom. The molecule has 0 atom stereocenters. The molecule has 0 unspecified atom stereocenters. The predicted molar refractivity (Wildman–Crippen MR) is 69.6 cm³/mol. The normalized spacial score (nSPS) is 18.1. The molecule has 0 saturated heterocycles. The summed E-state index contributed by atoms with van der Waals surface area (Å²) < 4.78 is 6.16. The van der Waals surface area contributed by atoms with Gasteiger partial charge in [-0.1, -0.05) is 18.0 Å². The molecule has 1 aliphatic carbocycles. The molecule has 1 saturated carbocycles. The maximum Gasteiger partial charge on any atom is 0.276 e. The number of nitrogens with two attached hydrogens (primary N) is 1. The Morgan fingerprint density at radius 3 is 2.72 bits per heavy atom. The summed E-state index contributed by atoms with van der Waals surface area (Å²) in [5.74, 6) is 1.02. The molecule has 0 aliphatic heterocycles. The zero-order valence-corrected chi connectivity index (χ0v) is 11.4. The molecule has 1 aliphatic rings. The lowest BCUT2D eigenvalue weighted by Gasteiger charge is -2.17. The molecule has 0 spiro atoms. The van der Waals surface area contributed by atoms with E-state index in [-0.39, 0.29) is 0 Å². The average Bonchev–Trinajstić information content (AvgIpc) is 2.99. The van der Waals surface area contributed by atoms with Crippen molar-refractivity contribution in [3.63, 3.8) is 0 Å². The van der Waals surface area contributed by atoms with Crippen LogP contribution in [0.1, 0.15) is 31.5 Å². The van der Waals surface area contributed by atoms with Crippen LogP contribution in [0.25, 0.3) is 11.6 Å². The summed E-state index contributed by atoms with van der Waals surface area (Å²) in [6, 6.07) is 3.72. The van der Waals surface area contributed by atoms with Crippen LogP contribution in [0.5, 0.6) is 0 Å². The van der Waals surface area contributed by atoms with Crippen molar-refractivity contribution >= 4 is 15.9 Å². The Labute approximate surface area is 113 Å². The Morgan fingerprint density at radius 1 is 1.28 bits per heavy atom. The van der Waals surface area contributed by atoms with E-state index < -0.39 is 5.54 Å². The van der Waals surface area contributed by atoms with Crippen molar-refractivity contribution in [2.24, 2.45) is 5.73 Å². The van der Waals surface area contributed by atoms with Gasteiger partial charge in [0.1, 0.15) is 5.69 Å². The summed E-state index contributed by atoms with van der Waals surface area (Å²) in [6.45, 7) is 0. The van der Waals surface area contributed by atoms with Crippen molar-refractivity contribution in [1.29, 1.82) is 0 Å². The van der Waals surface area contributed by atoms with Crippen molar-refractivity contribution in [3.05, 3.63) is 28.6 Å². The van der Waals surface area contributed by atoms with Crippen LogP contribution in [0.15, 0.2) is 27.3 Å². The van der Waals surface area contributed by atoms with Gasteiger partial charge in [-0.2, -0.15) is 4.98 Å². The molecule has 1 fully saturated rings. The average molecular weight is 309 g/mol. The number of hydrogen-bond donors (Lipinski definition) is 1. The first-order valence-corrected chi connectivity index (χ1v) is 6.72. The van der Waals surface area contributed by atoms with Gasteiger partial charge in [-0.15, -0.1) is 0 Å². The number of rotatable bonds is 2. The van der Waals surface area contributed by atoms with E-state index in [4.69, 9.17) is 10.3 Å². The largest absolute Gasteiger partial charge is 0.332 e. The number of aromatic nitrogens is 3. The highest BCUT2D eigenvalue weighted by Crippen LogP contribution is 2.35. The highest BCUT2D eigenvalue weighted by Gasteiger charge is 2.36. The summed E-state index contributed by atoms with van der Waals surface area (Å²) >= 11 is 3.34. The molecule has 0 amide bonds. The second kappa shape index (κ2) is 4.44. The molecule has 3 rings (SSSR count). The van der Waals surface area contributed by atoms with Crippen LogP contribution in [0, 0.1) is 0 Å². The fourth-order valence-electron chi connectivity index (χ4n) is 2.26. The van der Waals surface area contributed by atoms with E-state index in [1.165, 1.54) is 0 Å². The Kier molecular flexibility index (Phi) is 2.91. The van der Waals surface area contributed by atoms with E-state index in [1.54, 1.807) is 6.20 Å². The summed E-state index contributed by atoms with van der Waals surface area (Å²) in [4.78, 5) is 8.61. The quantitative estimate of drug-likeness (QED) is 0.922. The van der Waals surface area contributed by atoms with Crippen LogP contribution < -0.4 is 5.73 Å².